The average molecular weight is 294 g/mol. The summed E-state index contributed by atoms with van der Waals surface area (Å²) in [5, 5.41) is 4.90. The minimum absolute atomic E-state index is 0.111. The molecule has 0 bridgehead atoms. The molecule has 0 aromatic heterocycles. The Morgan fingerprint density at radius 1 is 1.20 bits per heavy atom. The fourth-order valence-electron chi connectivity index (χ4n) is 0.675. The fourth-order valence-corrected chi connectivity index (χ4v) is 2.25. The second-order valence-electron chi connectivity index (χ2n) is 3.71. The van der Waals surface area contributed by atoms with E-state index in [4.69, 9.17) is 5.14 Å². The number of sulfonamides is 1. The van der Waals surface area contributed by atoms with Crippen LogP contribution in [0.2, 0.25) is 0 Å². The third kappa shape index (κ3) is 6.65. The first-order valence-electron chi connectivity index (χ1n) is 4.52. The number of benzene rings is 1. The molecule has 1 aromatic carbocycles. The Balaban J connectivity index is 0.000000423. The summed E-state index contributed by atoms with van der Waals surface area (Å²) in [6.07, 6.45) is 0. The van der Waals surface area contributed by atoms with Gasteiger partial charge in [-0.05, 0) is 34.0 Å². The van der Waals surface area contributed by atoms with E-state index in [2.05, 4.69) is 36.7 Å². The predicted molar refractivity (Wildman–Crippen MR) is 66.0 cm³/mol. The highest BCUT2D eigenvalue weighted by molar-refractivity contribution is 9.10. The van der Waals surface area contributed by atoms with Crippen molar-refractivity contribution in [2.75, 3.05) is 0 Å². The van der Waals surface area contributed by atoms with E-state index in [1.165, 1.54) is 6.07 Å². The van der Waals surface area contributed by atoms with Crippen molar-refractivity contribution in [3.63, 3.8) is 0 Å². The van der Waals surface area contributed by atoms with Gasteiger partial charge in [-0.1, -0.05) is 32.9 Å². The summed E-state index contributed by atoms with van der Waals surface area (Å²) in [4.78, 5) is 0.111. The second-order valence-corrected chi connectivity index (χ2v) is 6.09. The first kappa shape index (κ1) is 14.6. The summed E-state index contributed by atoms with van der Waals surface area (Å²) in [5.74, 6) is 0.833. The maximum absolute atomic E-state index is 10.8. The maximum Gasteiger partial charge on any atom is 0.239 e. The predicted octanol–water partition coefficient (Wildman–Crippen LogP) is 2.76. The lowest BCUT2D eigenvalue weighted by Crippen LogP contribution is -2.12. The minimum Gasteiger partial charge on any atom is -0.225 e. The molecule has 1 aromatic rings. The van der Waals surface area contributed by atoms with E-state index < -0.39 is 10.0 Å². The van der Waals surface area contributed by atoms with Crippen molar-refractivity contribution < 1.29 is 8.42 Å². The lowest BCUT2D eigenvalue weighted by Gasteiger charge is -1.98. The number of primary sulfonamides is 1. The van der Waals surface area contributed by atoms with Gasteiger partial charge in [-0.3, -0.25) is 0 Å². The molecule has 0 saturated carbocycles. The van der Waals surface area contributed by atoms with Crippen LogP contribution in [0.15, 0.2) is 33.6 Å². The Kier molecular flexibility index (Phi) is 6.09. The normalized spacial score (nSPS) is 10.8. The SMILES string of the molecule is CC(C)C.NS(=O)(=O)c1ccccc1Br. The van der Waals surface area contributed by atoms with E-state index in [1.54, 1.807) is 18.2 Å². The van der Waals surface area contributed by atoms with Crippen LogP contribution >= 0.6 is 15.9 Å². The smallest absolute Gasteiger partial charge is 0.225 e. The molecule has 0 amide bonds. The number of nitrogens with two attached hydrogens (primary N) is 1. The Morgan fingerprint density at radius 3 is 1.87 bits per heavy atom. The molecule has 0 aliphatic heterocycles. The summed E-state index contributed by atoms with van der Waals surface area (Å²) in [5.41, 5.74) is 0. The molecule has 86 valence electrons. The van der Waals surface area contributed by atoms with Crippen molar-refractivity contribution >= 4 is 26.0 Å². The summed E-state index contributed by atoms with van der Waals surface area (Å²) in [6, 6.07) is 6.41. The van der Waals surface area contributed by atoms with Crippen LogP contribution in [0.3, 0.4) is 0 Å². The van der Waals surface area contributed by atoms with Gasteiger partial charge in [0.15, 0.2) is 0 Å². The maximum atomic E-state index is 10.8. The molecule has 0 unspecified atom stereocenters. The van der Waals surface area contributed by atoms with Crippen LogP contribution in [-0.2, 0) is 10.0 Å². The van der Waals surface area contributed by atoms with Gasteiger partial charge in [0.25, 0.3) is 0 Å². The van der Waals surface area contributed by atoms with Gasteiger partial charge >= 0.3 is 0 Å². The molecule has 3 nitrogen and oxygen atoms in total. The van der Waals surface area contributed by atoms with E-state index in [-0.39, 0.29) is 4.90 Å². The molecule has 1 rings (SSSR count). The molecule has 0 fully saturated rings. The highest BCUT2D eigenvalue weighted by atomic mass is 79.9. The molecule has 0 atom stereocenters. The number of rotatable bonds is 1. The minimum atomic E-state index is -3.58. The van der Waals surface area contributed by atoms with Gasteiger partial charge in [-0.15, -0.1) is 0 Å². The lowest BCUT2D eigenvalue weighted by molar-refractivity contribution is 0.597. The molecular weight excluding hydrogens is 278 g/mol. The first-order chi connectivity index (χ1) is 6.75. The van der Waals surface area contributed by atoms with Gasteiger partial charge in [0.05, 0.1) is 4.90 Å². The Bertz CT molecular complexity index is 399. The zero-order valence-electron chi connectivity index (χ0n) is 9.07. The van der Waals surface area contributed by atoms with Gasteiger partial charge in [0.2, 0.25) is 10.0 Å². The molecule has 0 spiro atoms. The van der Waals surface area contributed by atoms with E-state index >= 15 is 0 Å². The summed E-state index contributed by atoms with van der Waals surface area (Å²) < 4.78 is 22.1. The van der Waals surface area contributed by atoms with Crippen LogP contribution < -0.4 is 5.14 Å². The van der Waals surface area contributed by atoms with Gasteiger partial charge in [-0.25, -0.2) is 13.6 Å². The van der Waals surface area contributed by atoms with E-state index in [0.717, 1.165) is 5.92 Å². The number of hydrogen-bond acceptors (Lipinski definition) is 2. The largest absolute Gasteiger partial charge is 0.239 e. The Labute approximate surface area is 99.9 Å². The average Bonchev–Trinajstić information content (AvgIpc) is 2.01. The molecular formula is C10H16BrNO2S. The zero-order chi connectivity index (χ0) is 12.1. The van der Waals surface area contributed by atoms with Crippen LogP contribution in [0.4, 0.5) is 0 Å². The van der Waals surface area contributed by atoms with Crippen LogP contribution in [-0.4, -0.2) is 8.42 Å². The summed E-state index contributed by atoms with van der Waals surface area (Å²) in [7, 11) is -3.58. The van der Waals surface area contributed by atoms with Gasteiger partial charge in [-0.2, -0.15) is 0 Å². The standard InChI is InChI=1S/C6H6BrNO2S.C4H10/c7-5-3-1-2-4-6(5)11(8,9)10;1-4(2)3/h1-4H,(H2,8,9,10);4H,1-3H3. The lowest BCUT2D eigenvalue weighted by atomic mass is 10.3. The van der Waals surface area contributed by atoms with Crippen LogP contribution in [0.25, 0.3) is 0 Å². The molecule has 0 aliphatic carbocycles. The molecule has 5 heteroatoms. The molecule has 2 N–H and O–H groups in total. The van der Waals surface area contributed by atoms with Gasteiger partial charge in [0.1, 0.15) is 0 Å². The third-order valence-electron chi connectivity index (χ3n) is 1.14. The van der Waals surface area contributed by atoms with Gasteiger partial charge < -0.3 is 0 Å². The van der Waals surface area contributed by atoms with Crippen LogP contribution in [0.1, 0.15) is 20.8 Å². The van der Waals surface area contributed by atoms with Crippen molar-refractivity contribution in [1.29, 1.82) is 0 Å². The molecule has 0 aliphatic rings. The van der Waals surface area contributed by atoms with E-state index in [1.807, 2.05) is 0 Å². The Morgan fingerprint density at radius 2 is 1.60 bits per heavy atom. The number of halogens is 1. The highest BCUT2D eigenvalue weighted by Gasteiger charge is 2.09. The second kappa shape index (κ2) is 6.25. The van der Waals surface area contributed by atoms with Crippen molar-refractivity contribution in [3.8, 4) is 0 Å². The molecule has 15 heavy (non-hydrogen) atoms. The van der Waals surface area contributed by atoms with Crippen molar-refractivity contribution in [2.24, 2.45) is 11.1 Å². The van der Waals surface area contributed by atoms with Crippen molar-refractivity contribution in [3.05, 3.63) is 28.7 Å². The van der Waals surface area contributed by atoms with Crippen LogP contribution in [0.5, 0.6) is 0 Å². The number of hydrogen-bond donors (Lipinski definition) is 1. The zero-order valence-corrected chi connectivity index (χ0v) is 11.5. The molecule has 0 saturated heterocycles. The van der Waals surface area contributed by atoms with Gasteiger partial charge in [0, 0.05) is 4.47 Å². The highest BCUT2D eigenvalue weighted by Crippen LogP contribution is 2.19. The van der Waals surface area contributed by atoms with E-state index in [9.17, 15) is 8.42 Å². The molecule has 0 heterocycles. The third-order valence-corrected chi connectivity index (χ3v) is 3.07. The van der Waals surface area contributed by atoms with Crippen molar-refractivity contribution in [2.45, 2.75) is 25.7 Å². The molecule has 0 radical (unpaired) electrons. The van der Waals surface area contributed by atoms with E-state index in [0.29, 0.717) is 4.47 Å². The topological polar surface area (TPSA) is 60.2 Å². The van der Waals surface area contributed by atoms with Crippen molar-refractivity contribution in [1.82, 2.24) is 0 Å². The first-order valence-corrected chi connectivity index (χ1v) is 6.86. The Hall–Kier alpha value is -0.390. The summed E-state index contributed by atoms with van der Waals surface area (Å²) in [6.45, 7) is 6.50. The quantitative estimate of drug-likeness (QED) is 0.865. The van der Waals surface area contributed by atoms with Crippen LogP contribution in [0, 0.1) is 5.92 Å². The fraction of sp³-hybridized carbons (Fsp3) is 0.400. The monoisotopic (exact) mass is 293 g/mol. The summed E-state index contributed by atoms with van der Waals surface area (Å²) >= 11 is 3.07.